The number of aryl methyl sites for hydroxylation is 1. The minimum absolute atomic E-state index is 0.401. The summed E-state index contributed by atoms with van der Waals surface area (Å²) in [6.07, 6.45) is 7.80. The Labute approximate surface area is 163 Å². The molecular formula is C19H29BrN2O4. The summed E-state index contributed by atoms with van der Waals surface area (Å²) in [6, 6.07) is 7.07. The van der Waals surface area contributed by atoms with E-state index < -0.39 is 18.5 Å². The zero-order chi connectivity index (χ0) is 19.0. The van der Waals surface area contributed by atoms with Crippen LogP contribution in [0.25, 0.3) is 0 Å². The van der Waals surface area contributed by atoms with Crippen molar-refractivity contribution in [3.63, 3.8) is 0 Å². The Bertz CT molecular complexity index is 540. The van der Waals surface area contributed by atoms with Gasteiger partial charge in [0, 0.05) is 24.2 Å². The van der Waals surface area contributed by atoms with Crippen LogP contribution in [0.5, 0.6) is 0 Å². The van der Waals surface area contributed by atoms with Crippen molar-refractivity contribution in [2.75, 3.05) is 30.4 Å². The fourth-order valence-electron chi connectivity index (χ4n) is 2.42. The Kier molecular flexibility index (Phi) is 12.6. The summed E-state index contributed by atoms with van der Waals surface area (Å²) in [6.45, 7) is 1.23. The molecule has 0 heterocycles. The highest BCUT2D eigenvalue weighted by molar-refractivity contribution is 9.09. The van der Waals surface area contributed by atoms with Crippen molar-refractivity contribution >= 4 is 33.6 Å². The molecule has 1 aromatic carbocycles. The summed E-state index contributed by atoms with van der Waals surface area (Å²) < 4.78 is 5.65. The molecule has 0 saturated heterocycles. The molecule has 7 heteroatoms. The molecule has 146 valence electrons. The monoisotopic (exact) mass is 428 g/mol. The van der Waals surface area contributed by atoms with Gasteiger partial charge < -0.3 is 20.5 Å². The molecule has 0 aliphatic heterocycles. The summed E-state index contributed by atoms with van der Waals surface area (Å²) in [5.41, 5.74) is 1.79. The van der Waals surface area contributed by atoms with Gasteiger partial charge in [-0.05, 0) is 49.8 Å². The van der Waals surface area contributed by atoms with Crippen molar-refractivity contribution in [2.24, 2.45) is 0 Å². The number of carbonyl (C=O) groups is 2. The number of amides is 2. The summed E-state index contributed by atoms with van der Waals surface area (Å²) in [5, 5.41) is 14.5. The molecule has 0 spiro atoms. The average molecular weight is 429 g/mol. The number of anilines is 1. The molecule has 0 saturated carbocycles. The normalized spacial score (nSPS) is 10.5. The molecular weight excluding hydrogens is 400 g/mol. The van der Waals surface area contributed by atoms with Crippen LogP contribution >= 0.6 is 15.9 Å². The number of carboxylic acids is 1. The van der Waals surface area contributed by atoms with Crippen molar-refractivity contribution in [3.05, 3.63) is 29.8 Å². The number of carboxylic acid groups (broad SMARTS) is 1. The van der Waals surface area contributed by atoms with Crippen molar-refractivity contribution < 1.29 is 19.4 Å². The second kappa shape index (κ2) is 14.6. The van der Waals surface area contributed by atoms with Crippen molar-refractivity contribution in [1.29, 1.82) is 0 Å². The van der Waals surface area contributed by atoms with Gasteiger partial charge >= 0.3 is 12.0 Å². The number of aliphatic carboxylic acids is 1. The van der Waals surface area contributed by atoms with E-state index in [0.29, 0.717) is 5.69 Å². The third-order valence-electron chi connectivity index (χ3n) is 3.76. The van der Waals surface area contributed by atoms with E-state index >= 15 is 0 Å². The fourth-order valence-corrected chi connectivity index (χ4v) is 2.82. The first-order valence-electron chi connectivity index (χ1n) is 9.11. The Morgan fingerprint density at radius 1 is 1.04 bits per heavy atom. The maximum absolute atomic E-state index is 11.6. The van der Waals surface area contributed by atoms with Gasteiger partial charge in [-0.15, -0.1) is 0 Å². The SMILES string of the molecule is O=C(O)CNC(=O)Nc1cccc(CCCCOCCCCCCBr)c1. The molecule has 26 heavy (non-hydrogen) atoms. The first-order chi connectivity index (χ1) is 12.6. The summed E-state index contributed by atoms with van der Waals surface area (Å²) in [4.78, 5) is 22.0. The van der Waals surface area contributed by atoms with Crippen LogP contribution in [-0.2, 0) is 16.0 Å². The number of hydrogen-bond donors (Lipinski definition) is 3. The number of benzene rings is 1. The van der Waals surface area contributed by atoms with Crippen molar-refractivity contribution in [3.8, 4) is 0 Å². The number of carbonyl (C=O) groups excluding carboxylic acids is 1. The Morgan fingerprint density at radius 2 is 1.77 bits per heavy atom. The lowest BCUT2D eigenvalue weighted by Crippen LogP contribution is -2.33. The van der Waals surface area contributed by atoms with Crippen LogP contribution in [-0.4, -0.2) is 42.2 Å². The third-order valence-corrected chi connectivity index (χ3v) is 4.32. The zero-order valence-corrected chi connectivity index (χ0v) is 16.7. The molecule has 0 bridgehead atoms. The van der Waals surface area contributed by atoms with Gasteiger partial charge in [0.15, 0.2) is 0 Å². The summed E-state index contributed by atoms with van der Waals surface area (Å²) in [7, 11) is 0. The highest BCUT2D eigenvalue weighted by Gasteiger charge is 2.04. The number of alkyl halides is 1. The highest BCUT2D eigenvalue weighted by atomic mass is 79.9. The molecule has 6 nitrogen and oxygen atoms in total. The van der Waals surface area contributed by atoms with Crippen LogP contribution in [0.4, 0.5) is 10.5 Å². The van der Waals surface area contributed by atoms with E-state index in [-0.39, 0.29) is 0 Å². The Hall–Kier alpha value is -1.60. The van der Waals surface area contributed by atoms with Crippen LogP contribution in [0, 0.1) is 0 Å². The maximum Gasteiger partial charge on any atom is 0.323 e. The minimum atomic E-state index is -1.07. The lowest BCUT2D eigenvalue weighted by molar-refractivity contribution is -0.135. The summed E-state index contributed by atoms with van der Waals surface area (Å²) in [5.74, 6) is -1.07. The number of unbranched alkanes of at least 4 members (excludes halogenated alkanes) is 4. The predicted molar refractivity (Wildman–Crippen MR) is 107 cm³/mol. The van der Waals surface area contributed by atoms with Gasteiger partial charge in [0.2, 0.25) is 0 Å². The third kappa shape index (κ3) is 11.9. The fraction of sp³-hybridized carbons (Fsp3) is 0.579. The van der Waals surface area contributed by atoms with E-state index in [0.717, 1.165) is 49.8 Å². The number of halogens is 1. The molecule has 0 unspecified atom stereocenters. The molecule has 0 fully saturated rings. The van der Waals surface area contributed by atoms with Gasteiger partial charge in [0.25, 0.3) is 0 Å². The lowest BCUT2D eigenvalue weighted by Gasteiger charge is -2.08. The van der Waals surface area contributed by atoms with E-state index in [2.05, 4.69) is 26.6 Å². The molecule has 3 N–H and O–H groups in total. The molecule has 1 aromatic rings. The first kappa shape index (κ1) is 22.4. The number of ether oxygens (including phenoxy) is 1. The predicted octanol–water partition coefficient (Wildman–Crippen LogP) is 4.19. The van der Waals surface area contributed by atoms with Gasteiger partial charge in [-0.2, -0.15) is 0 Å². The molecule has 2 amide bonds. The van der Waals surface area contributed by atoms with Crippen molar-refractivity contribution in [2.45, 2.75) is 44.9 Å². The van der Waals surface area contributed by atoms with Gasteiger partial charge in [-0.3, -0.25) is 4.79 Å². The zero-order valence-electron chi connectivity index (χ0n) is 15.1. The van der Waals surface area contributed by atoms with E-state index in [9.17, 15) is 9.59 Å². The first-order valence-corrected chi connectivity index (χ1v) is 10.2. The van der Waals surface area contributed by atoms with Gasteiger partial charge in [0.1, 0.15) is 6.54 Å². The number of rotatable bonds is 14. The number of urea groups is 1. The minimum Gasteiger partial charge on any atom is -0.480 e. The van der Waals surface area contributed by atoms with Crippen molar-refractivity contribution in [1.82, 2.24) is 5.32 Å². The molecule has 0 aliphatic rings. The van der Waals surface area contributed by atoms with Crippen LogP contribution < -0.4 is 10.6 Å². The van der Waals surface area contributed by atoms with Crippen LogP contribution in [0.2, 0.25) is 0 Å². The average Bonchev–Trinajstić information content (AvgIpc) is 2.62. The van der Waals surface area contributed by atoms with Gasteiger partial charge in [-0.1, -0.05) is 40.9 Å². The second-order valence-electron chi connectivity index (χ2n) is 6.07. The quantitative estimate of drug-likeness (QED) is 0.306. The molecule has 0 aromatic heterocycles. The Morgan fingerprint density at radius 3 is 2.50 bits per heavy atom. The van der Waals surface area contributed by atoms with Crippen LogP contribution in [0.1, 0.15) is 44.1 Å². The van der Waals surface area contributed by atoms with E-state index in [1.165, 1.54) is 19.3 Å². The van der Waals surface area contributed by atoms with E-state index in [1.807, 2.05) is 18.2 Å². The lowest BCUT2D eigenvalue weighted by atomic mass is 10.1. The largest absolute Gasteiger partial charge is 0.480 e. The maximum atomic E-state index is 11.6. The molecule has 0 atom stereocenters. The number of hydrogen-bond acceptors (Lipinski definition) is 3. The van der Waals surface area contributed by atoms with Gasteiger partial charge in [0.05, 0.1) is 0 Å². The van der Waals surface area contributed by atoms with Crippen LogP contribution in [0.3, 0.4) is 0 Å². The summed E-state index contributed by atoms with van der Waals surface area (Å²) >= 11 is 3.43. The molecule has 0 radical (unpaired) electrons. The molecule has 0 aliphatic carbocycles. The van der Waals surface area contributed by atoms with Gasteiger partial charge in [-0.25, -0.2) is 4.79 Å². The standard InChI is InChI=1S/C19H29BrN2O4/c20-11-4-1-2-5-12-26-13-6-3-8-16-9-7-10-17(14-16)22-19(25)21-15-18(23)24/h7,9-10,14H,1-6,8,11-13,15H2,(H,23,24)(H2,21,22,25). The number of nitrogens with one attached hydrogen (secondary N) is 2. The van der Waals surface area contributed by atoms with E-state index in [1.54, 1.807) is 6.07 Å². The molecule has 1 rings (SSSR count). The van der Waals surface area contributed by atoms with Crippen LogP contribution in [0.15, 0.2) is 24.3 Å². The Balaban J connectivity index is 2.14. The highest BCUT2D eigenvalue weighted by Crippen LogP contribution is 2.13. The topological polar surface area (TPSA) is 87.7 Å². The van der Waals surface area contributed by atoms with E-state index in [4.69, 9.17) is 9.84 Å². The second-order valence-corrected chi connectivity index (χ2v) is 6.87. The smallest absolute Gasteiger partial charge is 0.323 e.